The second-order valence-corrected chi connectivity index (χ2v) is 7.60. The van der Waals surface area contributed by atoms with E-state index in [2.05, 4.69) is 4.98 Å². The molecule has 0 saturated carbocycles. The number of nitrogens with two attached hydrogens (primary N) is 1. The highest BCUT2D eigenvalue weighted by Gasteiger charge is 2.31. The fraction of sp³-hybridized carbons (Fsp3) is 0.538. The summed E-state index contributed by atoms with van der Waals surface area (Å²) >= 11 is 4.79. The number of hydrogen-bond acceptors (Lipinski definition) is 5. The van der Waals surface area contributed by atoms with Crippen molar-refractivity contribution in [2.45, 2.75) is 30.8 Å². The monoisotopic (exact) mass is 329 g/mol. The maximum absolute atomic E-state index is 12.5. The third-order valence-corrected chi connectivity index (χ3v) is 5.90. The third kappa shape index (κ3) is 3.57. The Balaban J connectivity index is 2.13. The molecule has 21 heavy (non-hydrogen) atoms. The van der Waals surface area contributed by atoms with E-state index in [0.29, 0.717) is 31.6 Å². The number of aliphatic hydroxyl groups excluding tert-OH is 1. The van der Waals surface area contributed by atoms with Gasteiger partial charge in [-0.1, -0.05) is 12.2 Å². The van der Waals surface area contributed by atoms with Crippen LogP contribution in [0.3, 0.4) is 0 Å². The molecule has 1 atom stereocenters. The Morgan fingerprint density at radius 3 is 2.52 bits per heavy atom. The van der Waals surface area contributed by atoms with Crippen molar-refractivity contribution < 1.29 is 13.5 Å². The second kappa shape index (κ2) is 6.35. The van der Waals surface area contributed by atoms with Crippen LogP contribution in [0.4, 0.5) is 0 Å². The molecule has 1 fully saturated rings. The lowest BCUT2D eigenvalue weighted by Crippen LogP contribution is -2.40. The van der Waals surface area contributed by atoms with Crippen molar-refractivity contribution in [3.63, 3.8) is 0 Å². The van der Waals surface area contributed by atoms with Crippen molar-refractivity contribution >= 4 is 27.2 Å². The highest BCUT2D eigenvalue weighted by Crippen LogP contribution is 2.25. The van der Waals surface area contributed by atoms with Gasteiger partial charge in [-0.3, -0.25) is 4.98 Å². The summed E-state index contributed by atoms with van der Waals surface area (Å²) in [4.78, 5) is 4.24. The quantitative estimate of drug-likeness (QED) is 0.781. The summed E-state index contributed by atoms with van der Waals surface area (Å²) in [5.41, 5.74) is 5.84. The van der Waals surface area contributed by atoms with Crippen LogP contribution in [0, 0.1) is 5.92 Å². The van der Waals surface area contributed by atoms with E-state index >= 15 is 0 Å². The van der Waals surface area contributed by atoms with Crippen LogP contribution < -0.4 is 5.73 Å². The molecule has 2 rings (SSSR count). The zero-order valence-corrected chi connectivity index (χ0v) is 13.4. The third-order valence-electron chi connectivity index (χ3n) is 3.81. The van der Waals surface area contributed by atoms with Gasteiger partial charge >= 0.3 is 0 Å². The van der Waals surface area contributed by atoms with E-state index in [1.807, 2.05) is 0 Å². The van der Waals surface area contributed by atoms with Crippen LogP contribution in [0.2, 0.25) is 0 Å². The number of rotatable bonds is 4. The molecular formula is C13H19N3O3S2. The number of thiocarbonyl (C=S) groups is 1. The van der Waals surface area contributed by atoms with Crippen molar-refractivity contribution in [1.82, 2.24) is 9.29 Å². The SMILES string of the molecule is CC(O)C1CCN(S(=O)(=O)c2ccc(C(N)=S)nc2)CC1. The minimum atomic E-state index is -3.55. The van der Waals surface area contributed by atoms with Gasteiger partial charge in [0.25, 0.3) is 0 Å². The highest BCUT2D eigenvalue weighted by molar-refractivity contribution is 7.89. The van der Waals surface area contributed by atoms with E-state index in [1.54, 1.807) is 6.92 Å². The van der Waals surface area contributed by atoms with E-state index in [9.17, 15) is 13.5 Å². The summed E-state index contributed by atoms with van der Waals surface area (Å²) in [6, 6.07) is 2.98. The second-order valence-electron chi connectivity index (χ2n) is 5.23. The number of nitrogens with zero attached hydrogens (tertiary/aromatic N) is 2. The smallest absolute Gasteiger partial charge is 0.244 e. The number of hydrogen-bond donors (Lipinski definition) is 2. The summed E-state index contributed by atoms with van der Waals surface area (Å²) in [6.45, 7) is 2.57. The normalized spacial score (nSPS) is 19.3. The molecule has 6 nitrogen and oxygen atoms in total. The molecule has 2 heterocycles. The fourth-order valence-electron chi connectivity index (χ4n) is 2.43. The van der Waals surface area contributed by atoms with Crippen molar-refractivity contribution in [2.24, 2.45) is 11.7 Å². The van der Waals surface area contributed by atoms with Crippen molar-refractivity contribution in [2.75, 3.05) is 13.1 Å². The predicted octanol–water partition coefficient (Wildman–Crippen LogP) is 0.497. The molecule has 0 aliphatic carbocycles. The molecule has 0 radical (unpaired) electrons. The molecule has 0 amide bonds. The van der Waals surface area contributed by atoms with Gasteiger partial charge in [-0.2, -0.15) is 4.31 Å². The van der Waals surface area contributed by atoms with Crippen molar-refractivity contribution in [1.29, 1.82) is 0 Å². The number of aromatic nitrogens is 1. The summed E-state index contributed by atoms with van der Waals surface area (Å²) in [7, 11) is -3.55. The Hall–Kier alpha value is -1.09. The maximum Gasteiger partial charge on any atom is 0.244 e. The van der Waals surface area contributed by atoms with Crippen LogP contribution in [0.5, 0.6) is 0 Å². The minimum absolute atomic E-state index is 0.136. The van der Waals surface area contributed by atoms with Crippen LogP contribution in [-0.4, -0.2) is 47.0 Å². The van der Waals surface area contributed by atoms with Gasteiger partial charge < -0.3 is 10.8 Å². The summed E-state index contributed by atoms with van der Waals surface area (Å²) in [6.07, 6.45) is 2.20. The van der Waals surface area contributed by atoms with Gasteiger partial charge in [0.05, 0.1) is 11.8 Å². The molecule has 3 N–H and O–H groups in total. The van der Waals surface area contributed by atoms with Gasteiger partial charge in [-0.05, 0) is 37.8 Å². The molecular weight excluding hydrogens is 310 g/mol. The molecule has 1 aromatic rings. The van der Waals surface area contributed by atoms with Crippen molar-refractivity contribution in [3.8, 4) is 0 Å². The zero-order chi connectivity index (χ0) is 15.6. The number of piperidine rings is 1. The molecule has 1 aromatic heterocycles. The first-order valence-corrected chi connectivity index (χ1v) is 8.61. The van der Waals surface area contributed by atoms with E-state index in [4.69, 9.17) is 18.0 Å². The summed E-state index contributed by atoms with van der Waals surface area (Å²) < 4.78 is 26.4. The first-order valence-electron chi connectivity index (χ1n) is 6.76. The van der Waals surface area contributed by atoms with Gasteiger partial charge in [0.1, 0.15) is 9.88 Å². The predicted molar refractivity (Wildman–Crippen MR) is 83.3 cm³/mol. The largest absolute Gasteiger partial charge is 0.393 e. The number of sulfonamides is 1. The molecule has 1 saturated heterocycles. The van der Waals surface area contributed by atoms with Gasteiger partial charge in [0.2, 0.25) is 10.0 Å². The van der Waals surface area contributed by atoms with Gasteiger partial charge in [0.15, 0.2) is 0 Å². The van der Waals surface area contributed by atoms with E-state index in [1.165, 1.54) is 22.6 Å². The lowest BCUT2D eigenvalue weighted by Gasteiger charge is -2.32. The minimum Gasteiger partial charge on any atom is -0.393 e. The topological polar surface area (TPSA) is 96.5 Å². The first-order chi connectivity index (χ1) is 9.82. The molecule has 1 unspecified atom stereocenters. The fourth-order valence-corrected chi connectivity index (χ4v) is 3.96. The van der Waals surface area contributed by atoms with Crippen LogP contribution in [-0.2, 0) is 10.0 Å². The molecule has 1 aliphatic heterocycles. The van der Waals surface area contributed by atoms with E-state index < -0.39 is 16.1 Å². The molecule has 8 heteroatoms. The van der Waals surface area contributed by atoms with E-state index in [-0.39, 0.29) is 15.8 Å². The lowest BCUT2D eigenvalue weighted by atomic mass is 9.93. The number of aliphatic hydroxyl groups is 1. The molecule has 0 aromatic carbocycles. The Morgan fingerprint density at radius 2 is 2.10 bits per heavy atom. The number of pyridine rings is 1. The summed E-state index contributed by atoms with van der Waals surface area (Å²) in [5, 5.41) is 9.56. The molecule has 0 bridgehead atoms. The molecule has 1 aliphatic rings. The van der Waals surface area contributed by atoms with Gasteiger partial charge in [0, 0.05) is 19.3 Å². The van der Waals surface area contributed by atoms with Crippen molar-refractivity contribution in [3.05, 3.63) is 24.0 Å². The standard InChI is InChI=1S/C13H19N3O3S2/c1-9(17)10-4-6-16(7-5-10)21(18,19)11-2-3-12(13(14)20)15-8-11/h2-3,8-10,17H,4-7H2,1H3,(H2,14,20). The zero-order valence-electron chi connectivity index (χ0n) is 11.8. The highest BCUT2D eigenvalue weighted by atomic mass is 32.2. The molecule has 0 spiro atoms. The van der Waals surface area contributed by atoms with Crippen LogP contribution in [0.1, 0.15) is 25.5 Å². The van der Waals surface area contributed by atoms with Crippen LogP contribution in [0.25, 0.3) is 0 Å². The van der Waals surface area contributed by atoms with E-state index in [0.717, 1.165) is 0 Å². The Bertz CT molecular complexity index is 606. The first kappa shape index (κ1) is 16.3. The average molecular weight is 329 g/mol. The van der Waals surface area contributed by atoms with Crippen LogP contribution >= 0.6 is 12.2 Å². The summed E-state index contributed by atoms with van der Waals surface area (Å²) in [5.74, 6) is 0.159. The lowest BCUT2D eigenvalue weighted by molar-refractivity contribution is 0.0912. The molecule has 116 valence electrons. The van der Waals surface area contributed by atoms with Gasteiger partial charge in [-0.25, -0.2) is 8.42 Å². The maximum atomic E-state index is 12.5. The Labute approximate surface area is 130 Å². The van der Waals surface area contributed by atoms with Crippen LogP contribution in [0.15, 0.2) is 23.2 Å². The average Bonchev–Trinajstić information content (AvgIpc) is 2.47. The Kier molecular flexibility index (Phi) is 4.92. The Morgan fingerprint density at radius 1 is 1.48 bits per heavy atom. The van der Waals surface area contributed by atoms with Gasteiger partial charge in [-0.15, -0.1) is 0 Å².